The number of hydrogen-bond donors (Lipinski definition) is 1. The van der Waals surface area contributed by atoms with Crippen molar-refractivity contribution in [2.24, 2.45) is 0 Å². The Morgan fingerprint density at radius 2 is 1.92 bits per heavy atom. The molecule has 1 aliphatic heterocycles. The van der Waals surface area contributed by atoms with Crippen LogP contribution in [0.2, 0.25) is 0 Å². The molecule has 0 aromatic heterocycles. The molecule has 0 radical (unpaired) electrons. The molecule has 1 N–H and O–H groups in total. The van der Waals surface area contributed by atoms with Crippen LogP contribution in [0.1, 0.15) is 17.2 Å². The van der Waals surface area contributed by atoms with Crippen molar-refractivity contribution in [3.63, 3.8) is 0 Å². The van der Waals surface area contributed by atoms with Gasteiger partial charge in [0.1, 0.15) is 0 Å². The Hall–Kier alpha value is -2.51. The molecule has 6 nitrogen and oxygen atoms in total. The van der Waals surface area contributed by atoms with Gasteiger partial charge in [0.15, 0.2) is 5.82 Å². The molecular weight excluding hydrogens is 337 g/mol. The van der Waals surface area contributed by atoms with E-state index in [9.17, 15) is 14.5 Å². The predicted molar refractivity (Wildman–Crippen MR) is 97.9 cm³/mol. The van der Waals surface area contributed by atoms with Gasteiger partial charge in [-0.25, -0.2) is 4.39 Å². The van der Waals surface area contributed by atoms with Gasteiger partial charge in [0, 0.05) is 25.7 Å². The monoisotopic (exact) mass is 359 g/mol. The second-order valence-electron chi connectivity index (χ2n) is 6.38. The van der Waals surface area contributed by atoms with Gasteiger partial charge in [0.2, 0.25) is 0 Å². The normalized spacial score (nSPS) is 16.2. The van der Waals surface area contributed by atoms with Crippen LogP contribution in [0.3, 0.4) is 0 Å². The van der Waals surface area contributed by atoms with Gasteiger partial charge in [-0.1, -0.05) is 29.8 Å². The lowest BCUT2D eigenvalue weighted by Crippen LogP contribution is -2.41. The molecule has 1 aliphatic rings. The molecule has 0 saturated carbocycles. The third-order valence-electron chi connectivity index (χ3n) is 4.60. The summed E-state index contributed by atoms with van der Waals surface area (Å²) in [6.45, 7) is 5.50. The van der Waals surface area contributed by atoms with Crippen molar-refractivity contribution in [3.05, 3.63) is 69.5 Å². The Kier molecular flexibility index (Phi) is 5.80. The van der Waals surface area contributed by atoms with E-state index in [-0.39, 0.29) is 17.4 Å². The number of non-ortho nitro benzene ring substituents is 1. The summed E-state index contributed by atoms with van der Waals surface area (Å²) >= 11 is 0. The van der Waals surface area contributed by atoms with E-state index in [1.54, 1.807) is 0 Å². The summed E-state index contributed by atoms with van der Waals surface area (Å²) in [5, 5.41) is 13.9. The maximum absolute atomic E-state index is 14.2. The van der Waals surface area contributed by atoms with Crippen molar-refractivity contribution < 1.29 is 14.1 Å². The minimum atomic E-state index is -0.621. The number of halogens is 1. The summed E-state index contributed by atoms with van der Waals surface area (Å²) in [5.41, 5.74) is 2.34. The molecule has 2 aromatic rings. The van der Waals surface area contributed by atoms with Gasteiger partial charge < -0.3 is 10.1 Å². The van der Waals surface area contributed by atoms with Gasteiger partial charge in [-0.05, 0) is 18.6 Å². The quantitative estimate of drug-likeness (QED) is 0.631. The number of benzene rings is 2. The van der Waals surface area contributed by atoms with Crippen molar-refractivity contribution in [1.82, 2.24) is 4.90 Å². The van der Waals surface area contributed by atoms with E-state index in [4.69, 9.17) is 4.74 Å². The fourth-order valence-corrected chi connectivity index (χ4v) is 3.10. The average Bonchev–Trinajstić information content (AvgIpc) is 2.65. The Bertz CT molecular complexity index is 761. The van der Waals surface area contributed by atoms with Crippen LogP contribution in [0, 0.1) is 22.9 Å². The fraction of sp³-hybridized carbons (Fsp3) is 0.368. The van der Waals surface area contributed by atoms with E-state index in [1.807, 2.05) is 6.92 Å². The van der Waals surface area contributed by atoms with Crippen LogP contribution in [-0.4, -0.2) is 42.7 Å². The zero-order valence-corrected chi connectivity index (χ0v) is 14.7. The van der Waals surface area contributed by atoms with Gasteiger partial charge in [0.05, 0.1) is 35.9 Å². The summed E-state index contributed by atoms with van der Waals surface area (Å²) in [6.07, 6.45) is 0. The van der Waals surface area contributed by atoms with Crippen molar-refractivity contribution in [2.75, 3.05) is 38.2 Å². The number of nitro benzene ring substituents is 1. The molecular formula is C19H22FN3O3. The van der Waals surface area contributed by atoms with Gasteiger partial charge >= 0.3 is 0 Å². The van der Waals surface area contributed by atoms with E-state index in [0.717, 1.165) is 24.7 Å². The third-order valence-corrected chi connectivity index (χ3v) is 4.60. The maximum atomic E-state index is 14.2. The smallest absolute Gasteiger partial charge is 0.272 e. The molecule has 7 heteroatoms. The summed E-state index contributed by atoms with van der Waals surface area (Å²) in [5.74, 6) is -0.621. The molecule has 3 rings (SSSR count). The predicted octanol–water partition coefficient (Wildman–Crippen LogP) is 3.53. The van der Waals surface area contributed by atoms with E-state index < -0.39 is 10.7 Å². The Morgan fingerprint density at radius 3 is 2.54 bits per heavy atom. The molecule has 0 amide bonds. The van der Waals surface area contributed by atoms with Crippen LogP contribution in [0.15, 0.2) is 42.5 Å². The molecule has 0 bridgehead atoms. The first-order chi connectivity index (χ1) is 12.5. The number of ether oxygens (including phenoxy) is 1. The SMILES string of the molecule is Cc1ccc(C(CNc2ccc([N+](=O)[O-])cc2F)N2CCOCC2)cc1. The van der Waals surface area contributed by atoms with E-state index in [1.165, 1.54) is 17.7 Å². The van der Waals surface area contributed by atoms with E-state index in [2.05, 4.69) is 34.5 Å². The molecule has 1 fully saturated rings. The molecule has 0 spiro atoms. The van der Waals surface area contributed by atoms with Crippen LogP contribution in [0.25, 0.3) is 0 Å². The third kappa shape index (κ3) is 4.36. The number of hydrogen-bond acceptors (Lipinski definition) is 5. The number of aryl methyl sites for hydroxylation is 1. The molecule has 1 heterocycles. The first kappa shape index (κ1) is 18.3. The zero-order valence-electron chi connectivity index (χ0n) is 14.7. The fourth-order valence-electron chi connectivity index (χ4n) is 3.10. The van der Waals surface area contributed by atoms with Crippen molar-refractivity contribution in [1.29, 1.82) is 0 Å². The topological polar surface area (TPSA) is 67.6 Å². The lowest BCUT2D eigenvalue weighted by molar-refractivity contribution is -0.385. The van der Waals surface area contributed by atoms with E-state index in [0.29, 0.717) is 19.8 Å². The number of morpholine rings is 1. The Labute approximate surface area is 151 Å². The van der Waals surface area contributed by atoms with Gasteiger partial charge in [-0.2, -0.15) is 0 Å². The second-order valence-corrected chi connectivity index (χ2v) is 6.38. The number of nitrogens with one attached hydrogen (secondary N) is 1. The number of nitrogens with zero attached hydrogens (tertiary/aromatic N) is 2. The summed E-state index contributed by atoms with van der Waals surface area (Å²) in [6, 6.07) is 12.0. The molecule has 1 saturated heterocycles. The molecule has 1 unspecified atom stereocenters. The molecule has 26 heavy (non-hydrogen) atoms. The average molecular weight is 359 g/mol. The summed E-state index contributed by atoms with van der Waals surface area (Å²) < 4.78 is 19.6. The lowest BCUT2D eigenvalue weighted by atomic mass is 10.0. The largest absolute Gasteiger partial charge is 0.381 e. The first-order valence-electron chi connectivity index (χ1n) is 8.61. The number of anilines is 1. The van der Waals surface area contributed by atoms with E-state index >= 15 is 0 Å². The second kappa shape index (κ2) is 8.25. The lowest BCUT2D eigenvalue weighted by Gasteiger charge is -2.35. The number of nitro groups is 1. The Morgan fingerprint density at radius 1 is 1.23 bits per heavy atom. The van der Waals surface area contributed by atoms with Gasteiger partial charge in [-0.15, -0.1) is 0 Å². The first-order valence-corrected chi connectivity index (χ1v) is 8.61. The van der Waals surface area contributed by atoms with Crippen LogP contribution in [0.4, 0.5) is 15.8 Å². The summed E-state index contributed by atoms with van der Waals surface area (Å²) in [4.78, 5) is 12.5. The molecule has 138 valence electrons. The molecule has 1 atom stereocenters. The van der Waals surface area contributed by atoms with Crippen molar-refractivity contribution in [2.45, 2.75) is 13.0 Å². The van der Waals surface area contributed by atoms with Crippen LogP contribution in [0.5, 0.6) is 0 Å². The highest BCUT2D eigenvalue weighted by Gasteiger charge is 2.23. The van der Waals surface area contributed by atoms with Gasteiger partial charge in [0.25, 0.3) is 5.69 Å². The van der Waals surface area contributed by atoms with Crippen molar-refractivity contribution >= 4 is 11.4 Å². The maximum Gasteiger partial charge on any atom is 0.272 e. The highest BCUT2D eigenvalue weighted by atomic mass is 19.1. The van der Waals surface area contributed by atoms with Gasteiger partial charge in [-0.3, -0.25) is 15.0 Å². The van der Waals surface area contributed by atoms with Crippen molar-refractivity contribution in [3.8, 4) is 0 Å². The highest BCUT2D eigenvalue weighted by molar-refractivity contribution is 5.50. The number of rotatable bonds is 6. The zero-order chi connectivity index (χ0) is 18.5. The van der Waals surface area contributed by atoms with Crippen LogP contribution >= 0.6 is 0 Å². The minimum absolute atomic E-state index is 0.0640. The summed E-state index contributed by atoms with van der Waals surface area (Å²) in [7, 11) is 0. The minimum Gasteiger partial charge on any atom is -0.381 e. The highest BCUT2D eigenvalue weighted by Crippen LogP contribution is 2.25. The van der Waals surface area contributed by atoms with Crippen LogP contribution < -0.4 is 5.32 Å². The molecule has 0 aliphatic carbocycles. The standard InChI is InChI=1S/C19H22FN3O3/c1-14-2-4-15(5-3-14)19(22-8-10-26-11-9-22)13-21-18-7-6-16(23(24)25)12-17(18)20/h2-7,12,19,21H,8-11,13H2,1H3. The van der Waals surface area contributed by atoms with Crippen LogP contribution in [-0.2, 0) is 4.74 Å². The molecule has 2 aromatic carbocycles. The Balaban J connectivity index is 1.77.